The first-order valence-electron chi connectivity index (χ1n) is 15.9. The third-order valence-electron chi connectivity index (χ3n) is 6.81. The van der Waals surface area contributed by atoms with Crippen LogP contribution in [0.2, 0.25) is 0 Å². The van der Waals surface area contributed by atoms with Crippen LogP contribution in [0.3, 0.4) is 0 Å². The summed E-state index contributed by atoms with van der Waals surface area (Å²) in [6.07, 6.45) is 47.6. The van der Waals surface area contributed by atoms with Crippen LogP contribution in [0.25, 0.3) is 0 Å². The van der Waals surface area contributed by atoms with E-state index in [1.807, 2.05) is 0 Å². The van der Waals surface area contributed by atoms with Crippen molar-refractivity contribution in [1.82, 2.24) is 0 Å². The Morgan fingerprint density at radius 2 is 0.722 bits per heavy atom. The van der Waals surface area contributed by atoms with E-state index >= 15 is 0 Å². The van der Waals surface area contributed by atoms with Crippen molar-refractivity contribution in [3.63, 3.8) is 0 Å². The smallest absolute Gasteiger partial charge is 0.132 e. The summed E-state index contributed by atoms with van der Waals surface area (Å²) in [5.74, 6) is 0.495. The van der Waals surface area contributed by atoms with Crippen LogP contribution in [-0.4, -0.2) is 5.78 Å². The second kappa shape index (κ2) is 31.7. The molecule has 0 aliphatic carbocycles. The minimum absolute atomic E-state index is 0.495. The quantitative estimate of drug-likeness (QED) is 0.0774. The highest BCUT2D eigenvalue weighted by molar-refractivity contribution is 5.78. The lowest BCUT2D eigenvalue weighted by atomic mass is 10.0. The van der Waals surface area contributed by atoms with E-state index < -0.39 is 0 Å². The molecule has 0 spiro atoms. The molecule has 0 aromatic rings. The standard InChI is InChI=1S/C35H62O/c1-3-5-7-9-11-13-15-17-19-21-23-25-27-29-31-33-35(36)34-32-30-28-26-24-22-20-18-16-14-12-10-8-6-4-2/h9,11-12,14-15,17-18,20H,3-8,10,13,16,19,21-34H2,1-2H3/b11-9-,14-12-,17-15-,20-18-. The van der Waals surface area contributed by atoms with E-state index in [9.17, 15) is 4.79 Å². The predicted octanol–water partition coefficient (Wildman–Crippen LogP) is 12.2. The maximum Gasteiger partial charge on any atom is 0.132 e. The summed E-state index contributed by atoms with van der Waals surface area (Å²) in [7, 11) is 0. The van der Waals surface area contributed by atoms with Crippen LogP contribution in [-0.2, 0) is 4.79 Å². The normalized spacial score (nSPS) is 12.3. The highest BCUT2D eigenvalue weighted by Gasteiger charge is 2.02. The van der Waals surface area contributed by atoms with Gasteiger partial charge in [0.15, 0.2) is 0 Å². The molecule has 1 nitrogen and oxygen atoms in total. The highest BCUT2D eigenvalue weighted by Crippen LogP contribution is 2.12. The van der Waals surface area contributed by atoms with Gasteiger partial charge in [-0.2, -0.15) is 0 Å². The Morgan fingerprint density at radius 1 is 0.389 bits per heavy atom. The summed E-state index contributed by atoms with van der Waals surface area (Å²) in [5, 5.41) is 0. The molecule has 0 aromatic carbocycles. The van der Waals surface area contributed by atoms with Crippen LogP contribution in [0.5, 0.6) is 0 Å². The van der Waals surface area contributed by atoms with E-state index in [2.05, 4.69) is 62.5 Å². The first-order valence-corrected chi connectivity index (χ1v) is 15.9. The topological polar surface area (TPSA) is 17.1 Å². The van der Waals surface area contributed by atoms with E-state index in [-0.39, 0.29) is 0 Å². The van der Waals surface area contributed by atoms with Gasteiger partial charge in [0.2, 0.25) is 0 Å². The van der Waals surface area contributed by atoms with E-state index in [1.165, 1.54) is 116 Å². The lowest BCUT2D eigenvalue weighted by Crippen LogP contribution is -1.97. The summed E-state index contributed by atoms with van der Waals surface area (Å²) in [4.78, 5) is 12.1. The van der Waals surface area contributed by atoms with Crippen LogP contribution in [0.1, 0.15) is 168 Å². The molecule has 0 saturated carbocycles. The van der Waals surface area contributed by atoms with Crippen molar-refractivity contribution in [3.05, 3.63) is 48.6 Å². The molecule has 0 amide bonds. The van der Waals surface area contributed by atoms with Gasteiger partial charge in [-0.1, -0.05) is 133 Å². The van der Waals surface area contributed by atoms with Gasteiger partial charge in [-0.25, -0.2) is 0 Å². The molecule has 0 atom stereocenters. The maximum atomic E-state index is 12.1. The summed E-state index contributed by atoms with van der Waals surface area (Å²) in [6, 6.07) is 0. The predicted molar refractivity (Wildman–Crippen MR) is 164 cm³/mol. The highest BCUT2D eigenvalue weighted by atomic mass is 16.1. The zero-order valence-corrected chi connectivity index (χ0v) is 24.5. The van der Waals surface area contributed by atoms with Gasteiger partial charge in [0.05, 0.1) is 0 Å². The second-order valence-electron chi connectivity index (χ2n) is 10.5. The van der Waals surface area contributed by atoms with E-state index in [4.69, 9.17) is 0 Å². The molecule has 1 heteroatoms. The zero-order valence-electron chi connectivity index (χ0n) is 24.5. The number of Topliss-reactive ketones (excluding diaryl/α,β-unsaturated/α-hetero) is 1. The van der Waals surface area contributed by atoms with Crippen LogP contribution < -0.4 is 0 Å². The average Bonchev–Trinajstić information content (AvgIpc) is 2.88. The molecule has 36 heavy (non-hydrogen) atoms. The van der Waals surface area contributed by atoms with Crippen molar-refractivity contribution in [2.75, 3.05) is 0 Å². The van der Waals surface area contributed by atoms with Gasteiger partial charge in [-0.3, -0.25) is 4.79 Å². The van der Waals surface area contributed by atoms with Crippen molar-refractivity contribution in [2.45, 2.75) is 168 Å². The number of hydrogen-bond acceptors (Lipinski definition) is 1. The first-order chi connectivity index (χ1) is 17.8. The third-order valence-corrected chi connectivity index (χ3v) is 6.81. The molecular formula is C35H62O. The molecule has 0 N–H and O–H groups in total. The van der Waals surface area contributed by atoms with Crippen molar-refractivity contribution in [2.24, 2.45) is 0 Å². The van der Waals surface area contributed by atoms with Gasteiger partial charge >= 0.3 is 0 Å². The average molecular weight is 499 g/mol. The number of carbonyl (C=O) groups is 1. The van der Waals surface area contributed by atoms with E-state index in [0.717, 1.165) is 38.5 Å². The minimum atomic E-state index is 0.495. The molecule has 0 fully saturated rings. The molecular weight excluding hydrogens is 436 g/mol. The Hall–Kier alpha value is -1.37. The van der Waals surface area contributed by atoms with Gasteiger partial charge in [0.25, 0.3) is 0 Å². The molecule has 0 saturated heterocycles. The van der Waals surface area contributed by atoms with Gasteiger partial charge in [-0.05, 0) is 70.6 Å². The van der Waals surface area contributed by atoms with Gasteiger partial charge in [0.1, 0.15) is 5.78 Å². The molecule has 0 aliphatic rings. The maximum absolute atomic E-state index is 12.1. The molecule has 0 unspecified atom stereocenters. The molecule has 0 heterocycles. The second-order valence-corrected chi connectivity index (χ2v) is 10.5. The van der Waals surface area contributed by atoms with Crippen molar-refractivity contribution in [3.8, 4) is 0 Å². The van der Waals surface area contributed by atoms with E-state index in [0.29, 0.717) is 5.78 Å². The third kappa shape index (κ3) is 30.7. The Morgan fingerprint density at radius 3 is 1.14 bits per heavy atom. The fraction of sp³-hybridized carbons (Fsp3) is 0.743. The van der Waals surface area contributed by atoms with Crippen molar-refractivity contribution >= 4 is 5.78 Å². The Kier molecular flexibility index (Phi) is 30.5. The number of allylic oxidation sites excluding steroid dienone is 8. The summed E-state index contributed by atoms with van der Waals surface area (Å²) in [6.45, 7) is 4.50. The monoisotopic (exact) mass is 498 g/mol. The Labute approximate surface area is 227 Å². The van der Waals surface area contributed by atoms with Crippen LogP contribution >= 0.6 is 0 Å². The summed E-state index contributed by atoms with van der Waals surface area (Å²) >= 11 is 0. The molecule has 0 rings (SSSR count). The lowest BCUT2D eigenvalue weighted by molar-refractivity contribution is -0.119. The number of hydrogen-bond donors (Lipinski definition) is 0. The molecule has 0 aliphatic heterocycles. The lowest BCUT2D eigenvalue weighted by Gasteiger charge is -2.03. The molecule has 0 aromatic heterocycles. The first kappa shape index (κ1) is 34.6. The zero-order chi connectivity index (χ0) is 26.2. The van der Waals surface area contributed by atoms with E-state index in [1.54, 1.807) is 0 Å². The van der Waals surface area contributed by atoms with Gasteiger partial charge < -0.3 is 0 Å². The van der Waals surface area contributed by atoms with Crippen molar-refractivity contribution < 1.29 is 4.79 Å². The summed E-state index contributed by atoms with van der Waals surface area (Å²) in [5.41, 5.74) is 0. The minimum Gasteiger partial charge on any atom is -0.300 e. The molecule has 208 valence electrons. The Balaban J connectivity index is 3.30. The number of unbranched alkanes of at least 4 members (excludes halogenated alkanes) is 16. The number of carbonyl (C=O) groups excluding carboxylic acids is 1. The number of ketones is 1. The Bertz CT molecular complexity index is 551. The largest absolute Gasteiger partial charge is 0.300 e. The van der Waals surface area contributed by atoms with Crippen LogP contribution in [0.15, 0.2) is 48.6 Å². The summed E-state index contributed by atoms with van der Waals surface area (Å²) < 4.78 is 0. The fourth-order valence-electron chi connectivity index (χ4n) is 4.38. The van der Waals surface area contributed by atoms with Crippen LogP contribution in [0.4, 0.5) is 0 Å². The van der Waals surface area contributed by atoms with Crippen LogP contribution in [0, 0.1) is 0 Å². The fourth-order valence-corrected chi connectivity index (χ4v) is 4.38. The number of rotatable bonds is 28. The molecule has 0 radical (unpaired) electrons. The van der Waals surface area contributed by atoms with Gasteiger partial charge in [-0.15, -0.1) is 0 Å². The SMILES string of the molecule is CCCC/C=C\C/C=C\CCCCCCCCC(=O)CCCCCCC/C=C\C/C=C\CCCCC. The van der Waals surface area contributed by atoms with Crippen molar-refractivity contribution in [1.29, 1.82) is 0 Å². The molecule has 0 bridgehead atoms. The van der Waals surface area contributed by atoms with Gasteiger partial charge in [0, 0.05) is 12.8 Å².